The van der Waals surface area contributed by atoms with Gasteiger partial charge in [-0.05, 0) is 31.9 Å². The maximum Gasteiger partial charge on any atom is 0.211 e. The van der Waals surface area contributed by atoms with Crippen molar-refractivity contribution in [3.05, 3.63) is 20.7 Å². The number of nitrogens with zero attached hydrogens (tertiary/aromatic N) is 2. The third kappa shape index (κ3) is 1.72. The molecule has 0 unspecified atom stereocenters. The third-order valence-electron chi connectivity index (χ3n) is 3.35. The summed E-state index contributed by atoms with van der Waals surface area (Å²) in [6.45, 7) is 5.12. The smallest absolute Gasteiger partial charge is 0.211 e. The number of aryl methyl sites for hydroxylation is 2. The van der Waals surface area contributed by atoms with Crippen LogP contribution in [-0.4, -0.2) is 15.3 Å². The quantitative estimate of drug-likeness (QED) is 0.810. The van der Waals surface area contributed by atoms with Gasteiger partial charge in [0.25, 0.3) is 0 Å². The summed E-state index contributed by atoms with van der Waals surface area (Å²) in [5.74, 6) is 0.988. The summed E-state index contributed by atoms with van der Waals surface area (Å²) in [5, 5.41) is 0.993. The van der Waals surface area contributed by atoms with Crippen LogP contribution in [0.5, 0.6) is 0 Å². The van der Waals surface area contributed by atoms with Crippen molar-refractivity contribution in [3.8, 4) is 0 Å². The monoisotopic (exact) mass is 280 g/mol. The molecular weight excluding hydrogens is 264 g/mol. The molecular formula is C13H16N2OS2. The van der Waals surface area contributed by atoms with E-state index >= 15 is 0 Å². The average Bonchev–Trinajstić information content (AvgIpc) is 2.94. The Morgan fingerprint density at radius 2 is 2.22 bits per heavy atom. The van der Waals surface area contributed by atoms with E-state index in [9.17, 15) is 4.79 Å². The first kappa shape index (κ1) is 12.2. The van der Waals surface area contributed by atoms with Crippen LogP contribution in [-0.2, 0) is 19.4 Å². The van der Waals surface area contributed by atoms with Gasteiger partial charge in [-0.2, -0.15) is 0 Å². The van der Waals surface area contributed by atoms with Crippen LogP contribution in [0.2, 0.25) is 0 Å². The van der Waals surface area contributed by atoms with Crippen molar-refractivity contribution in [2.45, 2.75) is 44.8 Å². The number of hydrogen-bond acceptors (Lipinski definition) is 4. The van der Waals surface area contributed by atoms with Gasteiger partial charge in [0.05, 0.1) is 0 Å². The number of aromatic nitrogens is 2. The van der Waals surface area contributed by atoms with Gasteiger partial charge in [0.15, 0.2) is 5.16 Å². The molecule has 0 saturated carbocycles. The number of imidazole rings is 1. The molecule has 2 aromatic rings. The lowest BCUT2D eigenvalue weighted by atomic mass is 10.2. The zero-order valence-corrected chi connectivity index (χ0v) is 12.3. The van der Waals surface area contributed by atoms with Gasteiger partial charge < -0.3 is 4.57 Å². The second kappa shape index (κ2) is 4.70. The fourth-order valence-corrected chi connectivity index (χ4v) is 4.72. The molecule has 0 amide bonds. The third-order valence-corrected chi connectivity index (χ3v) is 5.51. The molecule has 96 valence electrons. The normalized spacial score (nSPS) is 14.3. The summed E-state index contributed by atoms with van der Waals surface area (Å²) >= 11 is 3.49. The number of thioether (sulfide) groups is 1. The zero-order valence-electron chi connectivity index (χ0n) is 10.7. The van der Waals surface area contributed by atoms with E-state index in [2.05, 4.69) is 23.4 Å². The lowest BCUT2D eigenvalue weighted by Crippen LogP contribution is -2.07. The standard InChI is InChI=1S/C13H16N2OS2/c1-3-15-12-10(14-13(15)17-4-2)11(16)8-6-5-7-9(8)18-12/h3-7H2,1-2H3. The van der Waals surface area contributed by atoms with Crippen LogP contribution in [0.25, 0.3) is 10.3 Å². The Morgan fingerprint density at radius 3 is 2.94 bits per heavy atom. The van der Waals surface area contributed by atoms with Gasteiger partial charge in [-0.15, -0.1) is 11.3 Å². The second-order valence-corrected chi connectivity index (χ2v) is 6.73. The molecule has 18 heavy (non-hydrogen) atoms. The number of fused-ring (bicyclic) bond motifs is 2. The largest absolute Gasteiger partial charge is 0.311 e. The van der Waals surface area contributed by atoms with Gasteiger partial charge in [-0.1, -0.05) is 18.7 Å². The Kier molecular flexibility index (Phi) is 3.20. The molecule has 3 rings (SSSR count). The molecule has 0 spiro atoms. The zero-order chi connectivity index (χ0) is 12.7. The molecule has 1 aliphatic carbocycles. The Bertz CT molecular complexity index is 657. The number of hydrogen-bond donors (Lipinski definition) is 0. The van der Waals surface area contributed by atoms with Crippen LogP contribution in [0.4, 0.5) is 0 Å². The Labute approximate surface area is 114 Å². The minimum absolute atomic E-state index is 0.182. The first-order valence-electron chi connectivity index (χ1n) is 6.44. The molecule has 0 saturated heterocycles. The molecule has 1 aliphatic rings. The van der Waals surface area contributed by atoms with E-state index in [-0.39, 0.29) is 5.43 Å². The van der Waals surface area contributed by atoms with Crippen molar-refractivity contribution in [1.82, 2.24) is 9.55 Å². The topological polar surface area (TPSA) is 34.9 Å². The van der Waals surface area contributed by atoms with Crippen LogP contribution in [0.1, 0.15) is 30.7 Å². The molecule has 3 nitrogen and oxygen atoms in total. The van der Waals surface area contributed by atoms with Gasteiger partial charge in [0.2, 0.25) is 5.43 Å². The van der Waals surface area contributed by atoms with Gasteiger partial charge in [0, 0.05) is 17.0 Å². The van der Waals surface area contributed by atoms with Gasteiger partial charge in [-0.25, -0.2) is 4.98 Å². The highest BCUT2D eigenvalue weighted by Crippen LogP contribution is 2.31. The molecule has 5 heteroatoms. The molecule has 0 N–H and O–H groups in total. The lowest BCUT2D eigenvalue weighted by Gasteiger charge is -2.04. The maximum atomic E-state index is 12.4. The second-order valence-electron chi connectivity index (χ2n) is 4.41. The minimum atomic E-state index is 0.182. The van der Waals surface area contributed by atoms with Crippen LogP contribution in [0.15, 0.2) is 9.95 Å². The molecule has 2 aromatic heterocycles. The predicted octanol–water partition coefficient (Wildman–Crippen LogP) is 3.08. The first-order chi connectivity index (χ1) is 8.76. The van der Waals surface area contributed by atoms with Crippen molar-refractivity contribution in [2.75, 3.05) is 5.75 Å². The van der Waals surface area contributed by atoms with E-state index in [0.717, 1.165) is 47.1 Å². The maximum absolute atomic E-state index is 12.4. The van der Waals surface area contributed by atoms with E-state index < -0.39 is 0 Å². The van der Waals surface area contributed by atoms with E-state index in [1.165, 1.54) is 4.88 Å². The van der Waals surface area contributed by atoms with Gasteiger partial charge >= 0.3 is 0 Å². The summed E-state index contributed by atoms with van der Waals surface area (Å²) < 4.78 is 2.19. The fourth-order valence-electron chi connectivity index (χ4n) is 2.52. The van der Waals surface area contributed by atoms with Crippen LogP contribution in [0.3, 0.4) is 0 Å². The first-order valence-corrected chi connectivity index (χ1v) is 8.24. The van der Waals surface area contributed by atoms with Crippen molar-refractivity contribution < 1.29 is 0 Å². The highest BCUT2D eigenvalue weighted by molar-refractivity contribution is 7.99. The summed E-state index contributed by atoms with van der Waals surface area (Å²) in [7, 11) is 0. The van der Waals surface area contributed by atoms with Gasteiger partial charge in [-0.3, -0.25) is 4.79 Å². The summed E-state index contributed by atoms with van der Waals surface area (Å²) in [6, 6.07) is 0. The van der Waals surface area contributed by atoms with Crippen LogP contribution < -0.4 is 5.43 Å². The molecule has 0 radical (unpaired) electrons. The lowest BCUT2D eigenvalue weighted by molar-refractivity contribution is 0.706. The Balaban J connectivity index is 2.32. The molecule has 0 atom stereocenters. The summed E-state index contributed by atoms with van der Waals surface area (Å²) in [5.41, 5.74) is 1.90. The van der Waals surface area contributed by atoms with Crippen molar-refractivity contribution in [2.24, 2.45) is 0 Å². The van der Waals surface area contributed by atoms with Crippen molar-refractivity contribution in [3.63, 3.8) is 0 Å². The molecule has 2 heterocycles. The Hall–Kier alpha value is -0.810. The predicted molar refractivity (Wildman–Crippen MR) is 78.0 cm³/mol. The number of rotatable bonds is 3. The molecule has 0 bridgehead atoms. The minimum Gasteiger partial charge on any atom is -0.311 e. The van der Waals surface area contributed by atoms with Crippen LogP contribution in [0, 0.1) is 0 Å². The van der Waals surface area contributed by atoms with Crippen molar-refractivity contribution >= 4 is 33.4 Å². The van der Waals surface area contributed by atoms with E-state index in [0.29, 0.717) is 5.52 Å². The van der Waals surface area contributed by atoms with E-state index in [4.69, 9.17) is 0 Å². The highest BCUT2D eigenvalue weighted by Gasteiger charge is 2.21. The van der Waals surface area contributed by atoms with E-state index in [1.807, 2.05) is 0 Å². The van der Waals surface area contributed by atoms with E-state index in [1.54, 1.807) is 23.1 Å². The van der Waals surface area contributed by atoms with Crippen LogP contribution >= 0.6 is 23.1 Å². The highest BCUT2D eigenvalue weighted by atomic mass is 32.2. The molecule has 0 aliphatic heterocycles. The average molecular weight is 280 g/mol. The van der Waals surface area contributed by atoms with Crippen molar-refractivity contribution in [1.29, 1.82) is 0 Å². The SMILES string of the molecule is CCSc1nc2c(=O)c3c(sc2n1CC)CCC3. The fraction of sp³-hybridized carbons (Fsp3) is 0.538. The van der Waals surface area contributed by atoms with Gasteiger partial charge in [0.1, 0.15) is 10.3 Å². The molecule has 0 fully saturated rings. The summed E-state index contributed by atoms with van der Waals surface area (Å²) in [4.78, 5) is 19.4. The molecule has 0 aromatic carbocycles. The Morgan fingerprint density at radius 1 is 1.39 bits per heavy atom. The summed E-state index contributed by atoms with van der Waals surface area (Å²) in [6.07, 6.45) is 3.13.